The molecular weight excluding hydrogens is 396 g/mol. The van der Waals surface area contributed by atoms with Crippen molar-refractivity contribution in [3.8, 4) is 5.75 Å². The summed E-state index contributed by atoms with van der Waals surface area (Å²) in [7, 11) is 0. The molecular formula is C23H22N4O4. The summed E-state index contributed by atoms with van der Waals surface area (Å²) >= 11 is 0. The Balaban J connectivity index is 1.69. The summed E-state index contributed by atoms with van der Waals surface area (Å²) in [5.74, 6) is -0.681. The van der Waals surface area contributed by atoms with Crippen LogP contribution in [0.1, 0.15) is 49.9 Å². The number of aromatic amines is 4. The predicted octanol–water partition coefficient (Wildman–Crippen LogP) is 3.04. The minimum absolute atomic E-state index is 0.294. The van der Waals surface area contributed by atoms with Gasteiger partial charge in [0.25, 0.3) is 11.1 Å². The SMILES string of the molecule is Cc1ccc(C(=O)Oc2ccc(C(c3c(C)[nH][nH]c3=O)c3c(C)[nH][nH]c3=O)cc2)cc1. The van der Waals surface area contributed by atoms with Crippen LogP contribution in [-0.2, 0) is 0 Å². The number of hydrogen-bond acceptors (Lipinski definition) is 4. The Hall–Kier alpha value is -4.07. The van der Waals surface area contributed by atoms with Crippen LogP contribution in [-0.4, -0.2) is 26.4 Å². The predicted molar refractivity (Wildman–Crippen MR) is 116 cm³/mol. The topological polar surface area (TPSA) is 124 Å². The van der Waals surface area contributed by atoms with Crippen LogP contribution < -0.4 is 15.9 Å². The van der Waals surface area contributed by atoms with Crippen LogP contribution in [0.3, 0.4) is 0 Å². The minimum atomic E-state index is -0.591. The van der Waals surface area contributed by atoms with Crippen LogP contribution in [0.4, 0.5) is 0 Å². The van der Waals surface area contributed by atoms with Crippen molar-refractivity contribution >= 4 is 5.97 Å². The quantitative estimate of drug-likeness (QED) is 0.294. The van der Waals surface area contributed by atoms with Gasteiger partial charge < -0.3 is 14.9 Å². The lowest BCUT2D eigenvalue weighted by molar-refractivity contribution is 0.0734. The van der Waals surface area contributed by atoms with Crippen LogP contribution in [0.25, 0.3) is 0 Å². The molecule has 0 saturated heterocycles. The molecule has 0 spiro atoms. The highest BCUT2D eigenvalue weighted by Gasteiger charge is 2.28. The molecule has 0 saturated carbocycles. The van der Waals surface area contributed by atoms with E-state index in [1.165, 1.54) is 0 Å². The average Bonchev–Trinajstić information content (AvgIpc) is 3.26. The number of rotatable bonds is 5. The van der Waals surface area contributed by atoms with Crippen LogP contribution >= 0.6 is 0 Å². The third-order valence-corrected chi connectivity index (χ3v) is 5.31. The second-order valence-corrected chi connectivity index (χ2v) is 7.49. The lowest BCUT2D eigenvalue weighted by Gasteiger charge is -2.16. The fourth-order valence-corrected chi connectivity index (χ4v) is 3.67. The highest BCUT2D eigenvalue weighted by molar-refractivity contribution is 5.91. The maximum absolute atomic E-state index is 12.5. The molecule has 0 aliphatic carbocycles. The van der Waals surface area contributed by atoms with Crippen molar-refractivity contribution in [2.24, 2.45) is 0 Å². The molecule has 0 fully saturated rings. The van der Waals surface area contributed by atoms with Gasteiger partial charge in [-0.1, -0.05) is 29.8 Å². The molecule has 0 bridgehead atoms. The largest absolute Gasteiger partial charge is 0.423 e. The molecule has 4 rings (SSSR count). The van der Waals surface area contributed by atoms with E-state index in [1.54, 1.807) is 50.2 Å². The molecule has 31 heavy (non-hydrogen) atoms. The van der Waals surface area contributed by atoms with Crippen molar-refractivity contribution in [3.05, 3.63) is 108 Å². The van der Waals surface area contributed by atoms with Gasteiger partial charge in [0.2, 0.25) is 0 Å². The first-order chi connectivity index (χ1) is 14.8. The molecule has 158 valence electrons. The van der Waals surface area contributed by atoms with E-state index in [4.69, 9.17) is 4.74 Å². The number of carbonyl (C=O) groups excluding carboxylic acids is 1. The number of H-pyrrole nitrogens is 4. The first kappa shape index (κ1) is 20.2. The molecule has 2 aromatic carbocycles. The van der Waals surface area contributed by atoms with E-state index in [-0.39, 0.29) is 11.1 Å². The molecule has 0 aliphatic heterocycles. The Morgan fingerprint density at radius 2 is 1.26 bits per heavy atom. The Kier molecular flexibility index (Phi) is 5.21. The lowest BCUT2D eigenvalue weighted by Crippen LogP contribution is -2.20. The van der Waals surface area contributed by atoms with Gasteiger partial charge in [0, 0.05) is 17.3 Å². The van der Waals surface area contributed by atoms with E-state index in [9.17, 15) is 14.4 Å². The van der Waals surface area contributed by atoms with Gasteiger partial charge in [-0.25, -0.2) is 4.79 Å². The molecule has 2 heterocycles. The Morgan fingerprint density at radius 1 is 0.742 bits per heavy atom. The Bertz CT molecular complexity index is 1280. The van der Waals surface area contributed by atoms with Crippen molar-refractivity contribution in [1.82, 2.24) is 20.4 Å². The normalized spacial score (nSPS) is 11.1. The summed E-state index contributed by atoms with van der Waals surface area (Å²) in [6.07, 6.45) is 0. The van der Waals surface area contributed by atoms with Crippen molar-refractivity contribution in [3.63, 3.8) is 0 Å². The second kappa shape index (κ2) is 7.98. The van der Waals surface area contributed by atoms with Crippen molar-refractivity contribution < 1.29 is 9.53 Å². The number of carbonyl (C=O) groups is 1. The van der Waals surface area contributed by atoms with Gasteiger partial charge in [-0.2, -0.15) is 0 Å². The molecule has 4 N–H and O–H groups in total. The van der Waals surface area contributed by atoms with E-state index < -0.39 is 11.9 Å². The molecule has 0 amide bonds. The van der Waals surface area contributed by atoms with Crippen LogP contribution in [0.2, 0.25) is 0 Å². The number of hydrogen-bond donors (Lipinski definition) is 4. The molecule has 8 nitrogen and oxygen atoms in total. The first-order valence-electron chi connectivity index (χ1n) is 9.78. The van der Waals surface area contributed by atoms with Crippen LogP contribution in [0, 0.1) is 20.8 Å². The summed E-state index contributed by atoms with van der Waals surface area (Å²) in [5, 5.41) is 10.8. The van der Waals surface area contributed by atoms with Gasteiger partial charge in [-0.3, -0.25) is 19.8 Å². The highest BCUT2D eigenvalue weighted by atomic mass is 16.5. The van der Waals surface area contributed by atoms with E-state index in [1.807, 2.05) is 19.1 Å². The molecule has 0 aliphatic rings. The second-order valence-electron chi connectivity index (χ2n) is 7.49. The smallest absolute Gasteiger partial charge is 0.343 e. The molecule has 0 radical (unpaired) electrons. The van der Waals surface area contributed by atoms with E-state index >= 15 is 0 Å². The molecule has 4 aromatic rings. The maximum atomic E-state index is 12.5. The zero-order valence-electron chi connectivity index (χ0n) is 17.3. The molecule has 0 atom stereocenters. The zero-order chi connectivity index (χ0) is 22.1. The Labute approximate surface area is 177 Å². The van der Waals surface area contributed by atoms with Gasteiger partial charge in [0.05, 0.1) is 16.7 Å². The van der Waals surface area contributed by atoms with Gasteiger partial charge in [-0.15, -0.1) is 0 Å². The summed E-state index contributed by atoms with van der Waals surface area (Å²) in [5.41, 5.74) is 3.84. The molecule has 8 heteroatoms. The molecule has 0 unspecified atom stereocenters. The van der Waals surface area contributed by atoms with Gasteiger partial charge in [0.1, 0.15) is 5.75 Å². The number of esters is 1. The van der Waals surface area contributed by atoms with E-state index in [0.717, 1.165) is 11.1 Å². The van der Waals surface area contributed by atoms with E-state index in [0.29, 0.717) is 33.8 Å². The number of ether oxygens (including phenoxy) is 1. The van der Waals surface area contributed by atoms with Crippen molar-refractivity contribution in [1.29, 1.82) is 0 Å². The van der Waals surface area contributed by atoms with Crippen molar-refractivity contribution in [2.45, 2.75) is 26.7 Å². The molecule has 2 aromatic heterocycles. The fourth-order valence-electron chi connectivity index (χ4n) is 3.67. The van der Waals surface area contributed by atoms with Crippen LogP contribution in [0.15, 0.2) is 58.1 Å². The summed E-state index contributed by atoms with van der Waals surface area (Å²) in [4.78, 5) is 37.3. The average molecular weight is 418 g/mol. The number of benzene rings is 2. The Morgan fingerprint density at radius 3 is 1.71 bits per heavy atom. The van der Waals surface area contributed by atoms with Crippen LogP contribution in [0.5, 0.6) is 5.75 Å². The minimum Gasteiger partial charge on any atom is -0.423 e. The highest BCUT2D eigenvalue weighted by Crippen LogP contribution is 2.32. The standard InChI is InChI=1S/C23H22N4O4/c1-12-4-6-16(7-5-12)23(30)31-17-10-8-15(9-11-17)20(18-13(2)24-26-21(18)28)19-14(3)25-27-22(19)29/h4-11,20H,1-3H3,(H2,24,26,28)(H2,25,27,29). The van der Waals surface area contributed by atoms with Gasteiger partial charge in [-0.05, 0) is 50.6 Å². The lowest BCUT2D eigenvalue weighted by atomic mass is 9.85. The maximum Gasteiger partial charge on any atom is 0.343 e. The van der Waals surface area contributed by atoms with E-state index in [2.05, 4.69) is 20.4 Å². The summed E-state index contributed by atoms with van der Waals surface area (Å²) < 4.78 is 5.46. The number of aryl methyl sites for hydroxylation is 3. The monoisotopic (exact) mass is 418 g/mol. The number of aromatic nitrogens is 4. The van der Waals surface area contributed by atoms with Crippen molar-refractivity contribution in [2.75, 3.05) is 0 Å². The van der Waals surface area contributed by atoms with Gasteiger partial charge >= 0.3 is 5.97 Å². The fraction of sp³-hybridized carbons (Fsp3) is 0.174. The van der Waals surface area contributed by atoms with Gasteiger partial charge in [0.15, 0.2) is 0 Å². The summed E-state index contributed by atoms with van der Waals surface area (Å²) in [6.45, 7) is 5.49. The summed E-state index contributed by atoms with van der Waals surface area (Å²) in [6, 6.07) is 13.9. The first-order valence-corrected chi connectivity index (χ1v) is 9.78. The zero-order valence-corrected chi connectivity index (χ0v) is 17.3. The number of nitrogens with one attached hydrogen (secondary N) is 4. The third-order valence-electron chi connectivity index (χ3n) is 5.31. The third kappa shape index (κ3) is 3.87.